The Morgan fingerprint density at radius 1 is 1.58 bits per heavy atom. The molecular formula is C14H20ClNO3. The van der Waals surface area contributed by atoms with Crippen LogP contribution in [0.1, 0.15) is 18.9 Å². The molecule has 1 saturated heterocycles. The molecule has 1 aromatic carbocycles. The van der Waals surface area contributed by atoms with Crippen LogP contribution in [0.25, 0.3) is 0 Å². The van der Waals surface area contributed by atoms with Crippen molar-refractivity contribution in [2.45, 2.75) is 31.6 Å². The van der Waals surface area contributed by atoms with Gasteiger partial charge in [-0.3, -0.25) is 0 Å². The second-order valence-corrected chi connectivity index (χ2v) is 5.35. The van der Waals surface area contributed by atoms with E-state index in [0.29, 0.717) is 36.9 Å². The zero-order chi connectivity index (χ0) is 13.9. The number of ether oxygens (including phenoxy) is 2. The van der Waals surface area contributed by atoms with Gasteiger partial charge >= 0.3 is 0 Å². The maximum Gasteiger partial charge on any atom is 0.137 e. The summed E-state index contributed by atoms with van der Waals surface area (Å²) in [6.07, 6.45) is 0.546. The first-order valence-electron chi connectivity index (χ1n) is 6.42. The normalized spacial score (nSPS) is 26.6. The summed E-state index contributed by atoms with van der Waals surface area (Å²) < 4.78 is 10.5. The smallest absolute Gasteiger partial charge is 0.137 e. The molecule has 1 aliphatic rings. The number of nitrogens with one attached hydrogen (secondary N) is 1. The number of hydrogen-bond donors (Lipinski definition) is 2. The van der Waals surface area contributed by atoms with Crippen molar-refractivity contribution in [2.24, 2.45) is 0 Å². The fourth-order valence-electron chi connectivity index (χ4n) is 2.25. The highest BCUT2D eigenvalue weighted by Crippen LogP contribution is 2.26. The minimum Gasteiger partial charge on any atom is -0.495 e. The molecule has 1 aliphatic heterocycles. The van der Waals surface area contributed by atoms with E-state index in [-0.39, 0.29) is 6.10 Å². The number of aliphatic hydroxyl groups is 1. The van der Waals surface area contributed by atoms with Gasteiger partial charge in [0.1, 0.15) is 11.4 Å². The van der Waals surface area contributed by atoms with E-state index in [2.05, 4.69) is 5.32 Å². The lowest BCUT2D eigenvalue weighted by molar-refractivity contribution is -0.0262. The molecule has 2 N–H and O–H groups in total. The molecule has 0 saturated carbocycles. The van der Waals surface area contributed by atoms with Gasteiger partial charge in [-0.1, -0.05) is 17.7 Å². The van der Waals surface area contributed by atoms with Gasteiger partial charge in [-0.2, -0.15) is 0 Å². The first kappa shape index (κ1) is 14.6. The topological polar surface area (TPSA) is 50.7 Å². The molecule has 0 bridgehead atoms. The Morgan fingerprint density at radius 3 is 2.95 bits per heavy atom. The highest BCUT2D eigenvalue weighted by Gasteiger charge is 2.38. The monoisotopic (exact) mass is 285 g/mol. The summed E-state index contributed by atoms with van der Waals surface area (Å²) in [5.74, 6) is 0.668. The van der Waals surface area contributed by atoms with Gasteiger partial charge in [0.2, 0.25) is 0 Å². The Morgan fingerprint density at radius 2 is 2.37 bits per heavy atom. The summed E-state index contributed by atoms with van der Waals surface area (Å²) in [5.41, 5.74) is 0.289. The Kier molecular flexibility index (Phi) is 4.68. The summed E-state index contributed by atoms with van der Waals surface area (Å²) >= 11 is 6.06. The maximum atomic E-state index is 10.3. The van der Waals surface area contributed by atoms with Crippen LogP contribution in [0, 0.1) is 0 Å². The average molecular weight is 286 g/mol. The second-order valence-electron chi connectivity index (χ2n) is 4.94. The predicted molar refractivity (Wildman–Crippen MR) is 74.7 cm³/mol. The van der Waals surface area contributed by atoms with Crippen molar-refractivity contribution in [3.8, 4) is 5.75 Å². The lowest BCUT2D eigenvalue weighted by Gasteiger charge is -2.26. The van der Waals surface area contributed by atoms with Crippen molar-refractivity contribution in [3.63, 3.8) is 0 Å². The van der Waals surface area contributed by atoms with E-state index in [9.17, 15) is 5.11 Å². The molecule has 106 valence electrons. The number of methoxy groups -OCH3 is 1. The third-order valence-corrected chi connectivity index (χ3v) is 3.93. The van der Waals surface area contributed by atoms with Crippen molar-refractivity contribution in [1.82, 2.24) is 5.32 Å². The predicted octanol–water partition coefficient (Wildman–Crippen LogP) is 1.98. The summed E-state index contributed by atoms with van der Waals surface area (Å²) in [5, 5.41) is 14.2. The molecule has 2 unspecified atom stereocenters. The lowest BCUT2D eigenvalue weighted by atomic mass is 9.96. The van der Waals surface area contributed by atoms with Crippen LogP contribution in [0.3, 0.4) is 0 Å². The number of halogens is 1. The minimum absolute atomic E-state index is 0.126. The average Bonchev–Trinajstić information content (AvgIpc) is 2.70. The maximum absolute atomic E-state index is 10.3. The third-order valence-electron chi connectivity index (χ3n) is 3.64. The van der Waals surface area contributed by atoms with Crippen LogP contribution in [-0.2, 0) is 11.3 Å². The molecule has 5 heteroatoms. The first-order valence-corrected chi connectivity index (χ1v) is 6.80. The van der Waals surface area contributed by atoms with Crippen molar-refractivity contribution >= 4 is 11.6 Å². The van der Waals surface area contributed by atoms with E-state index >= 15 is 0 Å². The molecule has 19 heavy (non-hydrogen) atoms. The fraction of sp³-hybridized carbons (Fsp3) is 0.571. The van der Waals surface area contributed by atoms with Gasteiger partial charge in [0.05, 0.1) is 18.2 Å². The number of benzene rings is 1. The van der Waals surface area contributed by atoms with Gasteiger partial charge in [0.15, 0.2) is 0 Å². The quantitative estimate of drug-likeness (QED) is 0.869. The Labute approximate surface area is 118 Å². The largest absolute Gasteiger partial charge is 0.495 e. The lowest BCUT2D eigenvalue weighted by Crippen LogP contribution is -2.45. The van der Waals surface area contributed by atoms with Gasteiger partial charge < -0.3 is 19.9 Å². The molecule has 0 amide bonds. The van der Waals surface area contributed by atoms with Crippen molar-refractivity contribution in [1.29, 1.82) is 0 Å². The first-order chi connectivity index (χ1) is 9.05. The summed E-state index contributed by atoms with van der Waals surface area (Å²) in [6, 6.07) is 5.66. The molecule has 0 radical (unpaired) electrons. The zero-order valence-electron chi connectivity index (χ0n) is 11.3. The standard InChI is InChI=1S/C14H20ClNO3/c1-10-14(17,5-6-19-10)9-16-8-11-3-4-13(18-2)12(15)7-11/h3-4,7,10,16-17H,5-6,8-9H2,1-2H3. The highest BCUT2D eigenvalue weighted by atomic mass is 35.5. The van der Waals surface area contributed by atoms with Crippen LogP contribution in [0.4, 0.5) is 0 Å². The summed E-state index contributed by atoms with van der Waals surface area (Å²) in [7, 11) is 1.59. The van der Waals surface area contributed by atoms with Gasteiger partial charge in [0, 0.05) is 26.1 Å². The molecule has 1 fully saturated rings. The fourth-order valence-corrected chi connectivity index (χ4v) is 2.53. The molecule has 0 aromatic heterocycles. The van der Waals surface area contributed by atoms with Crippen molar-refractivity contribution in [3.05, 3.63) is 28.8 Å². The SMILES string of the molecule is COc1ccc(CNCC2(O)CCOC2C)cc1Cl. The molecule has 2 rings (SSSR count). The molecule has 4 nitrogen and oxygen atoms in total. The Hall–Kier alpha value is -0.810. The minimum atomic E-state index is -0.768. The number of hydrogen-bond acceptors (Lipinski definition) is 4. The second kappa shape index (κ2) is 6.09. The van der Waals surface area contributed by atoms with E-state index in [1.54, 1.807) is 7.11 Å². The molecule has 0 spiro atoms. The van der Waals surface area contributed by atoms with Crippen molar-refractivity contribution in [2.75, 3.05) is 20.3 Å². The van der Waals surface area contributed by atoms with E-state index in [4.69, 9.17) is 21.1 Å². The van der Waals surface area contributed by atoms with Crippen LogP contribution in [0.15, 0.2) is 18.2 Å². The molecular weight excluding hydrogens is 266 g/mol. The van der Waals surface area contributed by atoms with Crippen LogP contribution in [0.2, 0.25) is 5.02 Å². The molecule has 0 aliphatic carbocycles. The summed E-state index contributed by atoms with van der Waals surface area (Å²) in [6.45, 7) is 3.68. The van der Waals surface area contributed by atoms with E-state index in [1.807, 2.05) is 25.1 Å². The van der Waals surface area contributed by atoms with Crippen molar-refractivity contribution < 1.29 is 14.6 Å². The van der Waals surface area contributed by atoms with E-state index in [1.165, 1.54) is 0 Å². The van der Waals surface area contributed by atoms with Crippen LogP contribution < -0.4 is 10.1 Å². The van der Waals surface area contributed by atoms with Gasteiger partial charge in [-0.05, 0) is 24.6 Å². The van der Waals surface area contributed by atoms with Gasteiger partial charge in [-0.15, -0.1) is 0 Å². The molecule has 1 heterocycles. The van der Waals surface area contributed by atoms with E-state index in [0.717, 1.165) is 5.56 Å². The van der Waals surface area contributed by atoms with Crippen LogP contribution in [-0.4, -0.2) is 37.1 Å². The highest BCUT2D eigenvalue weighted by molar-refractivity contribution is 6.32. The molecule has 1 aromatic rings. The molecule has 2 atom stereocenters. The van der Waals surface area contributed by atoms with E-state index < -0.39 is 5.60 Å². The Bertz CT molecular complexity index is 441. The summed E-state index contributed by atoms with van der Waals surface area (Å²) in [4.78, 5) is 0. The Balaban J connectivity index is 1.87. The van der Waals surface area contributed by atoms with Crippen LogP contribution >= 0.6 is 11.6 Å². The third kappa shape index (κ3) is 3.39. The number of rotatable bonds is 5. The van der Waals surface area contributed by atoms with Gasteiger partial charge in [0.25, 0.3) is 0 Å². The van der Waals surface area contributed by atoms with Gasteiger partial charge in [-0.25, -0.2) is 0 Å². The van der Waals surface area contributed by atoms with Crippen LogP contribution in [0.5, 0.6) is 5.75 Å². The zero-order valence-corrected chi connectivity index (χ0v) is 12.0.